The van der Waals surface area contributed by atoms with Crippen molar-refractivity contribution in [2.45, 2.75) is 26.5 Å². The van der Waals surface area contributed by atoms with Crippen LogP contribution in [0.15, 0.2) is 17.5 Å². The monoisotopic (exact) mass is 283 g/mol. The number of rotatable bonds is 5. The maximum atomic E-state index is 11.6. The van der Waals surface area contributed by atoms with Gasteiger partial charge in [-0.15, -0.1) is 11.3 Å². The van der Waals surface area contributed by atoms with Gasteiger partial charge in [0, 0.05) is 24.5 Å². The van der Waals surface area contributed by atoms with E-state index in [1.165, 1.54) is 22.3 Å². The molecule has 0 bridgehead atoms. The number of carboxylic acids is 1. The second-order valence-corrected chi connectivity index (χ2v) is 5.26. The summed E-state index contributed by atoms with van der Waals surface area (Å²) < 4.78 is 5.07. The Kier molecular flexibility index (Phi) is 5.57. The van der Waals surface area contributed by atoms with Gasteiger partial charge in [0.1, 0.15) is 0 Å². The van der Waals surface area contributed by atoms with E-state index in [4.69, 9.17) is 9.84 Å². The molecule has 19 heavy (non-hydrogen) atoms. The van der Waals surface area contributed by atoms with Gasteiger partial charge in [0.05, 0.1) is 6.10 Å². The highest BCUT2D eigenvalue weighted by molar-refractivity contribution is 7.11. The standard InChI is InChI=1S/C13H17NO4S/c1-9(2)18-13(17)14(3)7-10-6-11(19-8-10)4-5-12(15)16/h4-6,8-9H,7H2,1-3H3,(H,15,16). The van der Waals surface area contributed by atoms with E-state index in [0.717, 1.165) is 16.5 Å². The van der Waals surface area contributed by atoms with Crippen LogP contribution in [0.4, 0.5) is 4.79 Å². The largest absolute Gasteiger partial charge is 0.478 e. The fourth-order valence-corrected chi connectivity index (χ4v) is 2.14. The molecule has 1 N–H and O–H groups in total. The minimum absolute atomic E-state index is 0.147. The van der Waals surface area contributed by atoms with Gasteiger partial charge in [-0.1, -0.05) is 0 Å². The number of carbonyl (C=O) groups is 2. The first-order valence-corrected chi connectivity index (χ1v) is 6.66. The lowest BCUT2D eigenvalue weighted by molar-refractivity contribution is -0.131. The zero-order valence-corrected chi connectivity index (χ0v) is 11.9. The van der Waals surface area contributed by atoms with Crippen LogP contribution < -0.4 is 0 Å². The van der Waals surface area contributed by atoms with Crippen molar-refractivity contribution in [1.82, 2.24) is 4.90 Å². The van der Waals surface area contributed by atoms with E-state index in [1.54, 1.807) is 20.9 Å². The molecule has 0 atom stereocenters. The van der Waals surface area contributed by atoms with E-state index in [-0.39, 0.29) is 12.2 Å². The number of thiophene rings is 1. The van der Waals surface area contributed by atoms with Crippen molar-refractivity contribution in [1.29, 1.82) is 0 Å². The smallest absolute Gasteiger partial charge is 0.410 e. The second kappa shape index (κ2) is 6.94. The number of nitrogens with zero attached hydrogens (tertiary/aromatic N) is 1. The Bertz CT molecular complexity index is 479. The molecular weight excluding hydrogens is 266 g/mol. The van der Waals surface area contributed by atoms with E-state index in [0.29, 0.717) is 6.54 Å². The number of ether oxygens (including phenoxy) is 1. The summed E-state index contributed by atoms with van der Waals surface area (Å²) in [5.41, 5.74) is 0.943. The predicted octanol–water partition coefficient (Wildman–Crippen LogP) is 2.82. The Labute approximate surface area is 116 Å². The molecule has 0 saturated heterocycles. The quantitative estimate of drug-likeness (QED) is 0.844. The molecule has 1 aromatic heterocycles. The number of amides is 1. The number of aliphatic carboxylic acids is 1. The first kappa shape index (κ1) is 15.2. The number of carbonyl (C=O) groups excluding carboxylic acids is 1. The van der Waals surface area contributed by atoms with Crippen LogP contribution >= 0.6 is 11.3 Å². The molecule has 104 valence electrons. The molecule has 1 heterocycles. The van der Waals surface area contributed by atoms with Gasteiger partial charge < -0.3 is 14.7 Å². The molecule has 0 aliphatic heterocycles. The zero-order valence-electron chi connectivity index (χ0n) is 11.1. The molecule has 1 aromatic rings. The van der Waals surface area contributed by atoms with Gasteiger partial charge in [0.25, 0.3) is 0 Å². The van der Waals surface area contributed by atoms with Crippen molar-refractivity contribution in [3.05, 3.63) is 28.0 Å². The summed E-state index contributed by atoms with van der Waals surface area (Å²) in [4.78, 5) is 24.3. The zero-order chi connectivity index (χ0) is 14.4. The van der Waals surface area contributed by atoms with Crippen LogP contribution in [-0.4, -0.2) is 35.2 Å². The lowest BCUT2D eigenvalue weighted by Crippen LogP contribution is -2.28. The molecule has 6 heteroatoms. The maximum Gasteiger partial charge on any atom is 0.410 e. The van der Waals surface area contributed by atoms with Gasteiger partial charge in [-0.25, -0.2) is 9.59 Å². The highest BCUT2D eigenvalue weighted by atomic mass is 32.1. The molecule has 1 rings (SSSR count). The van der Waals surface area contributed by atoms with E-state index in [1.807, 2.05) is 11.4 Å². The van der Waals surface area contributed by atoms with E-state index < -0.39 is 5.97 Å². The Morgan fingerprint density at radius 2 is 2.21 bits per heavy atom. The van der Waals surface area contributed by atoms with Crippen molar-refractivity contribution in [3.8, 4) is 0 Å². The summed E-state index contributed by atoms with van der Waals surface area (Å²) in [7, 11) is 1.66. The number of carboxylic acid groups (broad SMARTS) is 1. The Morgan fingerprint density at radius 3 is 2.79 bits per heavy atom. The van der Waals surface area contributed by atoms with Crippen LogP contribution in [0, 0.1) is 0 Å². The molecule has 0 radical (unpaired) electrons. The van der Waals surface area contributed by atoms with E-state index in [9.17, 15) is 9.59 Å². The van der Waals surface area contributed by atoms with Crippen molar-refractivity contribution >= 4 is 29.5 Å². The predicted molar refractivity (Wildman–Crippen MR) is 74.1 cm³/mol. The maximum absolute atomic E-state index is 11.6. The highest BCUT2D eigenvalue weighted by Crippen LogP contribution is 2.18. The van der Waals surface area contributed by atoms with Crippen molar-refractivity contribution in [3.63, 3.8) is 0 Å². The normalized spacial score (nSPS) is 10.9. The molecule has 1 amide bonds. The van der Waals surface area contributed by atoms with Crippen LogP contribution in [0.5, 0.6) is 0 Å². The average molecular weight is 283 g/mol. The van der Waals surface area contributed by atoms with E-state index >= 15 is 0 Å². The van der Waals surface area contributed by atoms with Crippen molar-refractivity contribution in [2.75, 3.05) is 7.05 Å². The van der Waals surface area contributed by atoms with Gasteiger partial charge in [0.2, 0.25) is 0 Å². The fraction of sp³-hybridized carbons (Fsp3) is 0.385. The Morgan fingerprint density at radius 1 is 1.53 bits per heavy atom. The van der Waals surface area contributed by atoms with Crippen LogP contribution in [0.1, 0.15) is 24.3 Å². The summed E-state index contributed by atoms with van der Waals surface area (Å²) in [5.74, 6) is -0.979. The molecule has 0 aliphatic carbocycles. The van der Waals surface area contributed by atoms with Crippen molar-refractivity contribution in [2.24, 2.45) is 0 Å². The van der Waals surface area contributed by atoms with Crippen LogP contribution in [0.2, 0.25) is 0 Å². The highest BCUT2D eigenvalue weighted by Gasteiger charge is 2.12. The van der Waals surface area contributed by atoms with Gasteiger partial charge in [-0.3, -0.25) is 0 Å². The van der Waals surface area contributed by atoms with Crippen LogP contribution in [0.25, 0.3) is 6.08 Å². The Hall–Kier alpha value is -1.82. The number of hydrogen-bond donors (Lipinski definition) is 1. The third-order valence-corrected chi connectivity index (χ3v) is 3.08. The average Bonchev–Trinajstić information content (AvgIpc) is 2.73. The molecule has 0 saturated carbocycles. The summed E-state index contributed by atoms with van der Waals surface area (Å²) in [6.07, 6.45) is 2.10. The van der Waals surface area contributed by atoms with Crippen LogP contribution in [0.3, 0.4) is 0 Å². The summed E-state index contributed by atoms with van der Waals surface area (Å²) in [6.45, 7) is 4.03. The van der Waals surface area contributed by atoms with Crippen LogP contribution in [-0.2, 0) is 16.1 Å². The van der Waals surface area contributed by atoms with Crippen molar-refractivity contribution < 1.29 is 19.4 Å². The fourth-order valence-electron chi connectivity index (χ4n) is 1.35. The minimum atomic E-state index is -0.979. The lowest BCUT2D eigenvalue weighted by atomic mass is 10.3. The molecule has 0 fully saturated rings. The SMILES string of the molecule is CC(C)OC(=O)N(C)Cc1csc(C=CC(=O)O)c1. The van der Waals surface area contributed by atoms with Gasteiger partial charge in [-0.2, -0.15) is 0 Å². The molecule has 0 aliphatic rings. The first-order valence-electron chi connectivity index (χ1n) is 5.78. The summed E-state index contributed by atoms with van der Waals surface area (Å²) >= 11 is 1.43. The van der Waals surface area contributed by atoms with Gasteiger partial charge >= 0.3 is 12.1 Å². The third-order valence-electron chi connectivity index (χ3n) is 2.13. The summed E-state index contributed by atoms with van der Waals surface area (Å²) in [6, 6.07) is 1.85. The van der Waals surface area contributed by atoms with Gasteiger partial charge in [0.15, 0.2) is 0 Å². The Balaban J connectivity index is 2.58. The molecule has 5 nitrogen and oxygen atoms in total. The third kappa shape index (κ3) is 5.56. The molecular formula is C13H17NO4S. The lowest BCUT2D eigenvalue weighted by Gasteiger charge is -2.17. The molecule has 0 unspecified atom stereocenters. The summed E-state index contributed by atoms with van der Waals surface area (Å²) in [5, 5.41) is 10.4. The van der Waals surface area contributed by atoms with E-state index in [2.05, 4.69) is 0 Å². The number of hydrogen-bond acceptors (Lipinski definition) is 4. The minimum Gasteiger partial charge on any atom is -0.478 e. The molecule has 0 spiro atoms. The second-order valence-electron chi connectivity index (χ2n) is 4.32. The topological polar surface area (TPSA) is 66.8 Å². The first-order chi connectivity index (χ1) is 8.88. The van der Waals surface area contributed by atoms with Gasteiger partial charge in [-0.05, 0) is 36.9 Å². The molecule has 0 aromatic carbocycles.